The molecule has 0 bridgehead atoms. The molecule has 138 valence electrons. The Morgan fingerprint density at radius 2 is 1.92 bits per heavy atom. The highest BCUT2D eigenvalue weighted by Gasteiger charge is 2.27. The lowest BCUT2D eigenvalue weighted by molar-refractivity contribution is -0.130. The van der Waals surface area contributed by atoms with Gasteiger partial charge in [0.25, 0.3) is 0 Å². The van der Waals surface area contributed by atoms with E-state index < -0.39 is 0 Å². The number of hydrogen-bond donors (Lipinski definition) is 1. The topological polar surface area (TPSA) is 61.4 Å². The minimum absolute atomic E-state index is 0.139. The first-order valence-electron chi connectivity index (χ1n) is 9.04. The van der Waals surface area contributed by atoms with E-state index in [4.69, 9.17) is 0 Å². The van der Waals surface area contributed by atoms with E-state index >= 15 is 0 Å². The molecule has 1 N–H and O–H groups in total. The van der Waals surface area contributed by atoms with Gasteiger partial charge >= 0.3 is 0 Å². The van der Waals surface area contributed by atoms with Crippen molar-refractivity contribution in [2.45, 2.75) is 35.4 Å². The average molecular weight is 390 g/mol. The van der Waals surface area contributed by atoms with Crippen LogP contribution in [-0.2, 0) is 4.79 Å². The number of rotatable bonds is 6. The van der Waals surface area contributed by atoms with Gasteiger partial charge in [-0.25, -0.2) is 0 Å². The van der Waals surface area contributed by atoms with Crippen molar-refractivity contribution in [2.24, 2.45) is 0 Å². The summed E-state index contributed by atoms with van der Waals surface area (Å²) in [5.41, 5.74) is 1.23. The minimum atomic E-state index is -0.139. The summed E-state index contributed by atoms with van der Waals surface area (Å²) in [5.74, 6) is 0.189. The number of benzene rings is 1. The van der Waals surface area contributed by atoms with Gasteiger partial charge in [-0.05, 0) is 31.9 Å². The zero-order valence-electron chi connectivity index (χ0n) is 14.8. The van der Waals surface area contributed by atoms with Gasteiger partial charge in [0.2, 0.25) is 11.0 Å². The Hall–Kier alpha value is -1.80. The molecule has 6 nitrogen and oxygen atoms in total. The van der Waals surface area contributed by atoms with E-state index in [1.807, 2.05) is 17.9 Å². The van der Waals surface area contributed by atoms with E-state index in [9.17, 15) is 4.79 Å². The Bertz CT molecular complexity index is 741. The second-order valence-electron chi connectivity index (χ2n) is 6.70. The number of nitrogens with one attached hydrogen (secondary N) is 1. The number of para-hydroxylation sites is 1. The summed E-state index contributed by atoms with van der Waals surface area (Å²) in [7, 11) is 0. The molecule has 2 fully saturated rings. The molecule has 1 aliphatic heterocycles. The Balaban J connectivity index is 1.28. The lowest BCUT2D eigenvalue weighted by atomic mass is 10.2. The third-order valence-corrected chi connectivity index (χ3v) is 6.68. The van der Waals surface area contributed by atoms with Gasteiger partial charge in [-0.15, -0.1) is 10.2 Å². The fourth-order valence-corrected chi connectivity index (χ4v) is 5.06. The van der Waals surface area contributed by atoms with E-state index in [2.05, 4.69) is 44.7 Å². The van der Waals surface area contributed by atoms with Crippen molar-refractivity contribution < 1.29 is 4.79 Å². The second kappa shape index (κ2) is 7.84. The molecule has 1 atom stereocenters. The van der Waals surface area contributed by atoms with Crippen molar-refractivity contribution in [1.29, 1.82) is 0 Å². The van der Waals surface area contributed by atoms with Crippen molar-refractivity contribution in [3.8, 4) is 0 Å². The fraction of sp³-hybridized carbons (Fsp3) is 0.500. The molecule has 1 amide bonds. The quantitative estimate of drug-likeness (QED) is 0.767. The van der Waals surface area contributed by atoms with Crippen LogP contribution in [0.25, 0.3) is 0 Å². The number of aromatic nitrogens is 2. The first-order valence-corrected chi connectivity index (χ1v) is 10.7. The first-order chi connectivity index (χ1) is 12.7. The van der Waals surface area contributed by atoms with Crippen LogP contribution >= 0.6 is 23.1 Å². The smallest absolute Gasteiger partial charge is 0.235 e. The lowest BCUT2D eigenvalue weighted by Gasteiger charge is -2.37. The van der Waals surface area contributed by atoms with Crippen LogP contribution in [0.2, 0.25) is 0 Å². The molecule has 1 aliphatic carbocycles. The summed E-state index contributed by atoms with van der Waals surface area (Å²) in [6.07, 6.45) is 2.43. The SMILES string of the molecule is C[C@@H](Sc1nnc(NC2CC2)s1)C(=O)N1CCN(c2ccccc2)CC1. The van der Waals surface area contributed by atoms with Crippen molar-refractivity contribution in [3.05, 3.63) is 30.3 Å². The molecule has 8 heteroatoms. The van der Waals surface area contributed by atoms with Crippen LogP contribution in [0.4, 0.5) is 10.8 Å². The van der Waals surface area contributed by atoms with Gasteiger partial charge in [0, 0.05) is 37.9 Å². The Morgan fingerprint density at radius 1 is 1.19 bits per heavy atom. The van der Waals surface area contributed by atoms with Gasteiger partial charge in [0.15, 0.2) is 4.34 Å². The van der Waals surface area contributed by atoms with E-state index in [0.29, 0.717) is 6.04 Å². The summed E-state index contributed by atoms with van der Waals surface area (Å²) < 4.78 is 0.858. The standard InChI is InChI=1S/C18H23N5OS2/c1-13(25-18-21-20-17(26-18)19-14-7-8-14)16(24)23-11-9-22(10-12-23)15-5-3-2-4-6-15/h2-6,13-14H,7-12H2,1H3,(H,19,20)/t13-/m1/s1. The number of carbonyl (C=O) groups is 1. The summed E-state index contributed by atoms with van der Waals surface area (Å²) in [5, 5.41) is 12.5. The van der Waals surface area contributed by atoms with Crippen LogP contribution in [-0.4, -0.2) is 58.5 Å². The molecular formula is C18H23N5OS2. The number of piperazine rings is 1. The minimum Gasteiger partial charge on any atom is -0.368 e. The molecule has 1 saturated carbocycles. The number of carbonyl (C=O) groups excluding carboxylic acids is 1. The third kappa shape index (κ3) is 4.29. The predicted octanol–water partition coefficient (Wildman–Crippen LogP) is 2.94. The van der Waals surface area contributed by atoms with Gasteiger partial charge in [0.1, 0.15) is 0 Å². The molecule has 1 saturated heterocycles. The Kier molecular flexibility index (Phi) is 5.31. The van der Waals surface area contributed by atoms with E-state index in [0.717, 1.165) is 35.7 Å². The molecule has 2 aromatic rings. The monoisotopic (exact) mass is 389 g/mol. The van der Waals surface area contributed by atoms with Gasteiger partial charge in [-0.1, -0.05) is 41.3 Å². The summed E-state index contributed by atoms with van der Waals surface area (Å²) in [4.78, 5) is 17.1. The average Bonchev–Trinajstić information content (AvgIpc) is 3.39. The molecule has 0 spiro atoms. The molecule has 0 radical (unpaired) electrons. The zero-order chi connectivity index (χ0) is 17.9. The van der Waals surface area contributed by atoms with E-state index in [1.165, 1.54) is 30.3 Å². The van der Waals surface area contributed by atoms with Crippen LogP contribution in [0.15, 0.2) is 34.7 Å². The third-order valence-electron chi connectivity index (χ3n) is 4.65. The van der Waals surface area contributed by atoms with Gasteiger partial charge in [0.05, 0.1) is 5.25 Å². The van der Waals surface area contributed by atoms with Crippen molar-refractivity contribution in [3.63, 3.8) is 0 Å². The van der Waals surface area contributed by atoms with Crippen LogP contribution in [0.1, 0.15) is 19.8 Å². The molecule has 2 heterocycles. The number of anilines is 2. The highest BCUT2D eigenvalue weighted by molar-refractivity contribution is 8.02. The van der Waals surface area contributed by atoms with Crippen molar-refractivity contribution in [2.75, 3.05) is 36.4 Å². The lowest BCUT2D eigenvalue weighted by Crippen LogP contribution is -2.50. The van der Waals surface area contributed by atoms with E-state index in [1.54, 1.807) is 11.3 Å². The second-order valence-corrected chi connectivity index (χ2v) is 9.27. The molecule has 2 aliphatic rings. The number of amides is 1. The van der Waals surface area contributed by atoms with Gasteiger partial charge < -0.3 is 15.1 Å². The molecule has 4 rings (SSSR count). The Labute approximate surface area is 162 Å². The summed E-state index contributed by atoms with van der Waals surface area (Å²) in [6, 6.07) is 11.0. The number of thioether (sulfide) groups is 1. The maximum Gasteiger partial charge on any atom is 0.235 e. The molecule has 26 heavy (non-hydrogen) atoms. The predicted molar refractivity (Wildman–Crippen MR) is 107 cm³/mol. The molecule has 0 unspecified atom stereocenters. The summed E-state index contributed by atoms with van der Waals surface area (Å²) >= 11 is 3.05. The molecule has 1 aromatic heterocycles. The van der Waals surface area contributed by atoms with Crippen LogP contribution in [0, 0.1) is 0 Å². The van der Waals surface area contributed by atoms with Crippen LogP contribution < -0.4 is 10.2 Å². The maximum atomic E-state index is 12.8. The Morgan fingerprint density at radius 3 is 2.62 bits per heavy atom. The molecule has 1 aromatic carbocycles. The van der Waals surface area contributed by atoms with Gasteiger partial charge in [-0.3, -0.25) is 4.79 Å². The van der Waals surface area contributed by atoms with Gasteiger partial charge in [-0.2, -0.15) is 0 Å². The number of hydrogen-bond acceptors (Lipinski definition) is 7. The highest BCUT2D eigenvalue weighted by Crippen LogP contribution is 2.32. The van der Waals surface area contributed by atoms with E-state index in [-0.39, 0.29) is 11.2 Å². The van der Waals surface area contributed by atoms with Crippen molar-refractivity contribution in [1.82, 2.24) is 15.1 Å². The van der Waals surface area contributed by atoms with Crippen molar-refractivity contribution >= 4 is 39.8 Å². The largest absolute Gasteiger partial charge is 0.368 e. The zero-order valence-corrected chi connectivity index (χ0v) is 16.4. The van der Waals surface area contributed by atoms with Crippen LogP contribution in [0.3, 0.4) is 0 Å². The molecular weight excluding hydrogens is 366 g/mol. The highest BCUT2D eigenvalue weighted by atomic mass is 32.2. The summed E-state index contributed by atoms with van der Waals surface area (Å²) in [6.45, 7) is 5.25. The van der Waals surface area contributed by atoms with Crippen LogP contribution in [0.5, 0.6) is 0 Å². The fourth-order valence-electron chi connectivity index (χ4n) is 3.00. The number of nitrogens with zero attached hydrogens (tertiary/aromatic N) is 4. The first kappa shape index (κ1) is 17.6. The normalized spacial score (nSPS) is 18.7. The maximum absolute atomic E-state index is 12.8.